The number of methoxy groups -OCH3 is 2. The van der Waals surface area contributed by atoms with Gasteiger partial charge in [-0.05, 0) is 65.1 Å². The minimum Gasteiger partial charge on any atom is -0.493 e. The number of fused-ring (bicyclic) bond motifs is 1. The molecule has 0 saturated heterocycles. The van der Waals surface area contributed by atoms with Gasteiger partial charge in [0.05, 0.1) is 32.2 Å². The molecule has 0 aromatic heterocycles. The largest absolute Gasteiger partial charge is 0.493 e. The molecule has 0 radical (unpaired) electrons. The van der Waals surface area contributed by atoms with Crippen LogP contribution < -0.4 is 25.8 Å². The molecule has 3 aromatic carbocycles. The fourth-order valence-corrected chi connectivity index (χ4v) is 4.46. The zero-order valence-corrected chi connectivity index (χ0v) is 20.0. The van der Waals surface area contributed by atoms with Crippen LogP contribution in [0, 0.1) is 0 Å². The molecule has 2 amide bonds. The van der Waals surface area contributed by atoms with Crippen molar-refractivity contribution >= 4 is 23.5 Å². The van der Waals surface area contributed by atoms with E-state index in [1.54, 1.807) is 54.6 Å². The summed E-state index contributed by atoms with van der Waals surface area (Å²) in [6.07, 6.45) is 0.674. The number of anilines is 1. The topological polar surface area (TPSA) is 140 Å². The molecule has 5 N–H and O–H groups in total. The first kappa shape index (κ1) is 24.7. The number of amides is 2. The fraction of sp³-hybridized carbons (Fsp3) is 0.222. The second-order valence-electron chi connectivity index (χ2n) is 8.43. The minimum absolute atomic E-state index is 0.00841. The van der Waals surface area contributed by atoms with E-state index in [2.05, 4.69) is 10.6 Å². The van der Waals surface area contributed by atoms with Crippen LogP contribution in [0.2, 0.25) is 0 Å². The Morgan fingerprint density at radius 2 is 1.69 bits per heavy atom. The van der Waals surface area contributed by atoms with E-state index in [9.17, 15) is 19.5 Å². The second kappa shape index (κ2) is 10.5. The Kier molecular flexibility index (Phi) is 7.21. The van der Waals surface area contributed by atoms with Gasteiger partial charge in [0.1, 0.15) is 0 Å². The Labute approximate surface area is 208 Å². The lowest BCUT2D eigenvalue weighted by Gasteiger charge is -2.29. The van der Waals surface area contributed by atoms with Gasteiger partial charge in [0.25, 0.3) is 0 Å². The Balaban J connectivity index is 1.66. The van der Waals surface area contributed by atoms with Gasteiger partial charge in [0, 0.05) is 23.9 Å². The summed E-state index contributed by atoms with van der Waals surface area (Å²) >= 11 is 0. The standard InChI is InChI=1S/C27H27N3O6/c1-35-22-8-5-19(14-23(22)36-2)30-24(31)13-18-12-16(26(28)32)3-6-21(18)25-20-7-4-17(27(33)34)11-15(20)9-10-29-25/h3-8,11-12,14,25,29H,9-10,13H2,1-2H3,(H2,28,32)(H,30,31)(H,33,34). The zero-order chi connectivity index (χ0) is 25.8. The number of carboxylic acids is 1. The van der Waals surface area contributed by atoms with E-state index in [0.717, 1.165) is 16.7 Å². The Morgan fingerprint density at radius 1 is 0.972 bits per heavy atom. The quantitative estimate of drug-likeness (QED) is 0.381. The number of hydrogen-bond donors (Lipinski definition) is 4. The van der Waals surface area contributed by atoms with Gasteiger partial charge >= 0.3 is 5.97 Å². The number of ether oxygens (including phenoxy) is 2. The molecule has 36 heavy (non-hydrogen) atoms. The van der Waals surface area contributed by atoms with Gasteiger partial charge in [-0.1, -0.05) is 12.1 Å². The first-order valence-corrected chi connectivity index (χ1v) is 11.3. The number of carboxylic acid groups (broad SMARTS) is 1. The zero-order valence-electron chi connectivity index (χ0n) is 20.0. The van der Waals surface area contributed by atoms with E-state index in [1.165, 1.54) is 14.2 Å². The maximum atomic E-state index is 13.0. The fourth-order valence-electron chi connectivity index (χ4n) is 4.46. The summed E-state index contributed by atoms with van der Waals surface area (Å²) in [5.74, 6) is -0.838. The van der Waals surface area contributed by atoms with Crippen molar-refractivity contribution in [3.05, 3.63) is 88.0 Å². The van der Waals surface area contributed by atoms with Crippen LogP contribution in [0.3, 0.4) is 0 Å². The third-order valence-corrected chi connectivity index (χ3v) is 6.20. The van der Waals surface area contributed by atoms with Crippen molar-refractivity contribution in [3.8, 4) is 11.5 Å². The first-order chi connectivity index (χ1) is 17.3. The highest BCUT2D eigenvalue weighted by Crippen LogP contribution is 2.33. The number of aromatic carboxylic acids is 1. The third kappa shape index (κ3) is 5.16. The average Bonchev–Trinajstić information content (AvgIpc) is 2.87. The number of primary amides is 1. The smallest absolute Gasteiger partial charge is 0.335 e. The molecule has 0 bridgehead atoms. The van der Waals surface area contributed by atoms with Crippen LogP contribution in [-0.2, 0) is 17.6 Å². The Bertz CT molecular complexity index is 1340. The molecule has 0 spiro atoms. The molecule has 1 aliphatic heterocycles. The summed E-state index contributed by atoms with van der Waals surface area (Å²) in [4.78, 5) is 36.3. The third-order valence-electron chi connectivity index (χ3n) is 6.20. The van der Waals surface area contributed by atoms with E-state index in [-0.39, 0.29) is 23.9 Å². The predicted molar refractivity (Wildman–Crippen MR) is 134 cm³/mol. The van der Waals surface area contributed by atoms with Crippen molar-refractivity contribution in [2.24, 2.45) is 5.73 Å². The lowest BCUT2D eigenvalue weighted by molar-refractivity contribution is -0.115. The molecule has 3 aromatic rings. The maximum absolute atomic E-state index is 13.0. The van der Waals surface area contributed by atoms with E-state index >= 15 is 0 Å². The molecule has 4 rings (SSSR count). The Morgan fingerprint density at radius 3 is 2.39 bits per heavy atom. The van der Waals surface area contributed by atoms with E-state index in [4.69, 9.17) is 15.2 Å². The molecular weight excluding hydrogens is 462 g/mol. The number of nitrogens with two attached hydrogens (primary N) is 1. The summed E-state index contributed by atoms with van der Waals surface area (Å²) in [6, 6.07) is 14.9. The highest BCUT2D eigenvalue weighted by atomic mass is 16.5. The molecule has 9 heteroatoms. The summed E-state index contributed by atoms with van der Waals surface area (Å²) in [5.41, 5.74) is 9.88. The van der Waals surface area contributed by atoms with Crippen molar-refractivity contribution in [1.82, 2.24) is 5.32 Å². The van der Waals surface area contributed by atoms with Gasteiger partial charge in [0.15, 0.2) is 11.5 Å². The van der Waals surface area contributed by atoms with E-state index in [1.807, 2.05) is 0 Å². The van der Waals surface area contributed by atoms with Gasteiger partial charge in [-0.25, -0.2) is 4.79 Å². The summed E-state index contributed by atoms with van der Waals surface area (Å²) in [5, 5.41) is 15.7. The number of carbonyl (C=O) groups is 3. The van der Waals surface area contributed by atoms with E-state index in [0.29, 0.717) is 41.3 Å². The average molecular weight is 490 g/mol. The molecule has 1 heterocycles. The molecular formula is C27H27N3O6. The van der Waals surface area contributed by atoms with Crippen molar-refractivity contribution < 1.29 is 29.0 Å². The van der Waals surface area contributed by atoms with Gasteiger partial charge in [-0.2, -0.15) is 0 Å². The number of benzene rings is 3. The molecule has 0 fully saturated rings. The molecule has 1 atom stereocenters. The van der Waals surface area contributed by atoms with Crippen LogP contribution in [0.1, 0.15) is 49.0 Å². The van der Waals surface area contributed by atoms with Gasteiger partial charge in [0.2, 0.25) is 11.8 Å². The van der Waals surface area contributed by atoms with Crippen LogP contribution in [-0.4, -0.2) is 43.7 Å². The highest BCUT2D eigenvalue weighted by molar-refractivity contribution is 5.95. The van der Waals surface area contributed by atoms with Crippen molar-refractivity contribution in [3.63, 3.8) is 0 Å². The summed E-state index contributed by atoms with van der Waals surface area (Å²) in [6.45, 7) is 0.635. The SMILES string of the molecule is COc1ccc(NC(=O)Cc2cc(C(N)=O)ccc2C2NCCc3cc(C(=O)O)ccc32)cc1OC. The molecule has 0 saturated carbocycles. The summed E-state index contributed by atoms with van der Waals surface area (Å²) in [7, 11) is 3.04. The van der Waals surface area contributed by atoms with Crippen LogP contribution >= 0.6 is 0 Å². The van der Waals surface area contributed by atoms with Crippen LogP contribution in [0.15, 0.2) is 54.6 Å². The van der Waals surface area contributed by atoms with Crippen LogP contribution in [0.4, 0.5) is 5.69 Å². The molecule has 186 valence electrons. The van der Waals surface area contributed by atoms with Crippen molar-refractivity contribution in [2.75, 3.05) is 26.1 Å². The number of hydrogen-bond acceptors (Lipinski definition) is 6. The highest BCUT2D eigenvalue weighted by Gasteiger charge is 2.25. The van der Waals surface area contributed by atoms with Crippen molar-refractivity contribution in [1.29, 1.82) is 0 Å². The van der Waals surface area contributed by atoms with Crippen molar-refractivity contribution in [2.45, 2.75) is 18.9 Å². The van der Waals surface area contributed by atoms with Gasteiger partial charge in [-0.3, -0.25) is 9.59 Å². The van der Waals surface area contributed by atoms with E-state index < -0.39 is 11.9 Å². The number of rotatable bonds is 8. The van der Waals surface area contributed by atoms with Gasteiger partial charge in [-0.15, -0.1) is 0 Å². The molecule has 1 unspecified atom stereocenters. The molecule has 9 nitrogen and oxygen atoms in total. The van der Waals surface area contributed by atoms with Crippen LogP contribution in [0.5, 0.6) is 11.5 Å². The second-order valence-corrected chi connectivity index (χ2v) is 8.43. The lowest BCUT2D eigenvalue weighted by atomic mass is 9.85. The normalized spacial score (nSPS) is 14.4. The lowest BCUT2D eigenvalue weighted by Crippen LogP contribution is -2.32. The monoisotopic (exact) mass is 489 g/mol. The predicted octanol–water partition coefficient (Wildman–Crippen LogP) is 2.92. The summed E-state index contributed by atoms with van der Waals surface area (Å²) < 4.78 is 10.5. The molecule has 1 aliphatic rings. The Hall–Kier alpha value is -4.37. The van der Waals surface area contributed by atoms with Crippen LogP contribution in [0.25, 0.3) is 0 Å². The number of carbonyl (C=O) groups excluding carboxylic acids is 2. The van der Waals surface area contributed by atoms with Gasteiger partial charge < -0.3 is 30.9 Å². The first-order valence-electron chi connectivity index (χ1n) is 11.3. The number of nitrogens with one attached hydrogen (secondary N) is 2. The minimum atomic E-state index is -0.980. The molecule has 0 aliphatic carbocycles. The maximum Gasteiger partial charge on any atom is 0.335 e.